The van der Waals surface area contributed by atoms with Gasteiger partial charge in [0.05, 0.1) is 36.1 Å². The molecule has 2 aliphatic rings. The first kappa shape index (κ1) is 19.4. The largest absolute Gasteiger partial charge is 0.388 e. The first-order valence-corrected chi connectivity index (χ1v) is 10.4. The maximum absolute atomic E-state index is 10.5. The molecule has 0 spiro atoms. The third-order valence-corrected chi connectivity index (χ3v) is 5.86. The Morgan fingerprint density at radius 2 is 2.03 bits per heavy atom. The van der Waals surface area contributed by atoms with Crippen LogP contribution >= 0.6 is 11.6 Å². The van der Waals surface area contributed by atoms with Crippen molar-refractivity contribution in [2.45, 2.75) is 25.5 Å². The lowest BCUT2D eigenvalue weighted by atomic mass is 10.1. The van der Waals surface area contributed by atoms with Crippen LogP contribution in [0, 0.1) is 0 Å². The number of hydrogen-bond donors (Lipinski definition) is 1. The van der Waals surface area contributed by atoms with E-state index >= 15 is 0 Å². The second-order valence-corrected chi connectivity index (χ2v) is 8.37. The molecule has 11 heteroatoms. The molecule has 3 aromatic heterocycles. The van der Waals surface area contributed by atoms with Crippen LogP contribution < -0.4 is 9.80 Å². The van der Waals surface area contributed by atoms with Crippen LogP contribution in [0.2, 0.25) is 5.02 Å². The van der Waals surface area contributed by atoms with Crippen LogP contribution in [-0.4, -0.2) is 80.0 Å². The van der Waals surface area contributed by atoms with Gasteiger partial charge < -0.3 is 19.6 Å². The first-order chi connectivity index (χ1) is 14.5. The Balaban J connectivity index is 1.59. The van der Waals surface area contributed by atoms with Gasteiger partial charge in [-0.25, -0.2) is 4.68 Å². The minimum Gasteiger partial charge on any atom is -0.388 e. The van der Waals surface area contributed by atoms with E-state index in [1.54, 1.807) is 23.0 Å². The van der Waals surface area contributed by atoms with Crippen molar-refractivity contribution in [2.24, 2.45) is 0 Å². The van der Waals surface area contributed by atoms with Crippen LogP contribution in [-0.2, 0) is 11.3 Å². The molecule has 5 rings (SSSR count). The van der Waals surface area contributed by atoms with Gasteiger partial charge in [0.25, 0.3) is 0 Å². The molecule has 2 fully saturated rings. The third-order valence-electron chi connectivity index (χ3n) is 5.51. The number of morpholine rings is 1. The summed E-state index contributed by atoms with van der Waals surface area (Å²) in [4.78, 5) is 18.1. The van der Waals surface area contributed by atoms with Crippen molar-refractivity contribution < 1.29 is 9.84 Å². The summed E-state index contributed by atoms with van der Waals surface area (Å²) < 4.78 is 7.17. The first-order valence-electron chi connectivity index (χ1n) is 10.0. The molecule has 2 saturated heterocycles. The van der Waals surface area contributed by atoms with Gasteiger partial charge in [-0.2, -0.15) is 9.97 Å². The Kier molecular flexibility index (Phi) is 4.92. The van der Waals surface area contributed by atoms with E-state index in [0.29, 0.717) is 72.9 Å². The molecule has 1 unspecified atom stereocenters. The Morgan fingerprint density at radius 1 is 1.20 bits per heavy atom. The Morgan fingerprint density at radius 3 is 2.77 bits per heavy atom. The highest BCUT2D eigenvalue weighted by Gasteiger charge is 2.34. The van der Waals surface area contributed by atoms with Gasteiger partial charge in [0.15, 0.2) is 17.0 Å². The summed E-state index contributed by atoms with van der Waals surface area (Å²) in [6.07, 6.45) is 2.37. The molecule has 0 amide bonds. The van der Waals surface area contributed by atoms with Crippen molar-refractivity contribution >= 4 is 34.5 Å². The number of rotatable bonds is 4. The standard InChI is InChI=1S/C19H23ClN8O2/c1-19(29)4-6-27(12-19)16-15-17(23-18(22-16)26-7-9-30-10-8-26)28(25-24-15)11-14-13(20)3-2-5-21-14/h2-3,5,29H,4,6-12H2,1H3. The number of ether oxygens (including phenoxy) is 1. The van der Waals surface area contributed by atoms with Crippen LogP contribution in [0.5, 0.6) is 0 Å². The van der Waals surface area contributed by atoms with Gasteiger partial charge in [-0.05, 0) is 25.5 Å². The number of aliphatic hydroxyl groups is 1. The Hall–Kier alpha value is -2.56. The molecule has 5 heterocycles. The summed E-state index contributed by atoms with van der Waals surface area (Å²) in [5.41, 5.74) is 1.17. The quantitative estimate of drug-likeness (QED) is 0.651. The molecule has 2 aliphatic heterocycles. The summed E-state index contributed by atoms with van der Waals surface area (Å²) in [5.74, 6) is 1.31. The lowest BCUT2D eigenvalue weighted by molar-refractivity contribution is 0.0839. The SMILES string of the molecule is CC1(O)CCN(c2nc(N3CCOCC3)nc3c2nnn3Cc2ncccc2Cl)C1. The van der Waals surface area contributed by atoms with Gasteiger partial charge in [0, 0.05) is 32.4 Å². The van der Waals surface area contributed by atoms with Crippen LogP contribution in [0.1, 0.15) is 19.0 Å². The zero-order valence-corrected chi connectivity index (χ0v) is 17.5. The van der Waals surface area contributed by atoms with Gasteiger partial charge in [-0.1, -0.05) is 16.8 Å². The molecule has 1 N–H and O–H groups in total. The molecule has 0 saturated carbocycles. The summed E-state index contributed by atoms with van der Waals surface area (Å²) in [5, 5.41) is 19.7. The molecular formula is C19H23ClN8O2. The van der Waals surface area contributed by atoms with Gasteiger partial charge in [-0.15, -0.1) is 5.10 Å². The van der Waals surface area contributed by atoms with E-state index in [1.165, 1.54) is 0 Å². The maximum atomic E-state index is 10.5. The maximum Gasteiger partial charge on any atom is 0.229 e. The summed E-state index contributed by atoms with van der Waals surface area (Å²) in [7, 11) is 0. The Bertz CT molecular complexity index is 1070. The van der Waals surface area contributed by atoms with Crippen molar-refractivity contribution in [1.82, 2.24) is 29.9 Å². The summed E-state index contributed by atoms with van der Waals surface area (Å²) >= 11 is 6.30. The van der Waals surface area contributed by atoms with Crippen molar-refractivity contribution in [2.75, 3.05) is 49.2 Å². The monoisotopic (exact) mass is 430 g/mol. The van der Waals surface area contributed by atoms with E-state index in [0.717, 1.165) is 13.1 Å². The highest BCUT2D eigenvalue weighted by Crippen LogP contribution is 2.31. The normalized spacial score (nSPS) is 22.2. The van der Waals surface area contributed by atoms with Crippen LogP contribution in [0.4, 0.5) is 11.8 Å². The zero-order valence-electron chi connectivity index (χ0n) is 16.7. The number of fused-ring (bicyclic) bond motifs is 1. The molecule has 0 aromatic carbocycles. The number of hydrogen-bond acceptors (Lipinski definition) is 9. The number of aromatic nitrogens is 6. The van der Waals surface area contributed by atoms with Gasteiger partial charge in [-0.3, -0.25) is 4.98 Å². The average Bonchev–Trinajstić information content (AvgIpc) is 3.32. The second kappa shape index (κ2) is 7.60. The smallest absolute Gasteiger partial charge is 0.229 e. The Labute approximate surface area is 178 Å². The molecule has 3 aromatic rings. The molecule has 30 heavy (non-hydrogen) atoms. The van der Waals surface area contributed by atoms with Crippen molar-refractivity contribution in [1.29, 1.82) is 0 Å². The lowest BCUT2D eigenvalue weighted by Gasteiger charge is -2.28. The van der Waals surface area contributed by atoms with Crippen LogP contribution in [0.25, 0.3) is 11.2 Å². The van der Waals surface area contributed by atoms with Gasteiger partial charge in [0.1, 0.15) is 0 Å². The average molecular weight is 431 g/mol. The van der Waals surface area contributed by atoms with Crippen LogP contribution in [0.3, 0.4) is 0 Å². The fourth-order valence-corrected chi connectivity index (χ4v) is 4.05. The molecule has 158 valence electrons. The predicted molar refractivity (Wildman–Crippen MR) is 112 cm³/mol. The molecule has 0 aliphatic carbocycles. The summed E-state index contributed by atoms with van der Waals surface area (Å²) in [6, 6.07) is 3.59. The van der Waals surface area contributed by atoms with E-state index in [-0.39, 0.29) is 0 Å². The number of halogens is 1. The van der Waals surface area contributed by atoms with E-state index in [4.69, 9.17) is 26.3 Å². The van der Waals surface area contributed by atoms with E-state index in [1.807, 2.05) is 6.92 Å². The van der Waals surface area contributed by atoms with Crippen molar-refractivity contribution in [3.05, 3.63) is 29.0 Å². The van der Waals surface area contributed by atoms with Crippen LogP contribution in [0.15, 0.2) is 18.3 Å². The topological polar surface area (TPSA) is 105 Å². The molecule has 10 nitrogen and oxygen atoms in total. The number of anilines is 2. The molecular weight excluding hydrogens is 408 g/mol. The fraction of sp³-hybridized carbons (Fsp3) is 0.526. The number of β-amino-alcohol motifs (C(OH)–C–C–N with tert-alkyl or cyclic N) is 1. The highest BCUT2D eigenvalue weighted by molar-refractivity contribution is 6.31. The predicted octanol–water partition coefficient (Wildman–Crippen LogP) is 1.12. The zero-order chi connectivity index (χ0) is 20.7. The minimum atomic E-state index is -0.756. The molecule has 0 radical (unpaired) electrons. The number of nitrogens with zero attached hydrogens (tertiary/aromatic N) is 8. The van der Waals surface area contributed by atoms with Crippen molar-refractivity contribution in [3.8, 4) is 0 Å². The van der Waals surface area contributed by atoms with E-state index in [9.17, 15) is 5.11 Å². The minimum absolute atomic E-state index is 0.354. The summed E-state index contributed by atoms with van der Waals surface area (Å²) in [6.45, 7) is 6.08. The molecule has 1 atom stereocenters. The second-order valence-electron chi connectivity index (χ2n) is 7.97. The van der Waals surface area contributed by atoms with Crippen molar-refractivity contribution in [3.63, 3.8) is 0 Å². The van der Waals surface area contributed by atoms with E-state index < -0.39 is 5.60 Å². The molecule has 0 bridgehead atoms. The van der Waals surface area contributed by atoms with Gasteiger partial charge in [0.2, 0.25) is 5.95 Å². The number of pyridine rings is 1. The fourth-order valence-electron chi connectivity index (χ4n) is 3.87. The third kappa shape index (κ3) is 3.66. The highest BCUT2D eigenvalue weighted by atomic mass is 35.5. The van der Waals surface area contributed by atoms with E-state index in [2.05, 4.69) is 25.1 Å². The van der Waals surface area contributed by atoms with Gasteiger partial charge >= 0.3 is 0 Å². The lowest BCUT2D eigenvalue weighted by Crippen LogP contribution is -2.38.